The Morgan fingerprint density at radius 3 is 2.70 bits per heavy atom. The van der Waals surface area contributed by atoms with Crippen molar-refractivity contribution >= 4 is 29.4 Å². The zero-order chi connectivity index (χ0) is 18.5. The fourth-order valence-electron chi connectivity index (χ4n) is 2.51. The van der Waals surface area contributed by atoms with Gasteiger partial charge in [0.25, 0.3) is 0 Å². The Morgan fingerprint density at radius 1 is 1.11 bits per heavy atom. The van der Waals surface area contributed by atoms with Crippen LogP contribution in [0.4, 0.5) is 11.5 Å². The first-order valence-corrected chi connectivity index (χ1v) is 9.68. The standard InChI is InChI=1S/C20H19N5OS/c26-20(12-16-2-1-3-19(23-16)25-27-17-8-9-17)24-15-6-4-14(5-7-15)18-13-21-10-11-22-18/h1-7,10-11,13,17H,8-9,12H2,(H,23,25)(H,24,26). The number of nitrogens with one attached hydrogen (secondary N) is 2. The minimum atomic E-state index is -0.0956. The lowest BCUT2D eigenvalue weighted by Crippen LogP contribution is -2.15. The minimum absolute atomic E-state index is 0.0956. The van der Waals surface area contributed by atoms with Gasteiger partial charge in [-0.3, -0.25) is 14.8 Å². The van der Waals surface area contributed by atoms with Crippen LogP contribution in [-0.4, -0.2) is 26.1 Å². The second-order valence-corrected chi connectivity index (χ2v) is 7.43. The highest BCUT2D eigenvalue weighted by Crippen LogP contribution is 2.34. The van der Waals surface area contributed by atoms with Crippen molar-refractivity contribution in [2.45, 2.75) is 24.5 Å². The van der Waals surface area contributed by atoms with Gasteiger partial charge in [-0.15, -0.1) is 0 Å². The summed E-state index contributed by atoms with van der Waals surface area (Å²) in [5, 5.41) is 3.61. The van der Waals surface area contributed by atoms with E-state index in [1.54, 1.807) is 30.5 Å². The maximum absolute atomic E-state index is 12.3. The van der Waals surface area contributed by atoms with Gasteiger partial charge in [0.05, 0.1) is 24.0 Å². The first-order valence-electron chi connectivity index (χ1n) is 8.80. The molecule has 1 aliphatic carbocycles. The molecule has 0 bridgehead atoms. The van der Waals surface area contributed by atoms with Gasteiger partial charge in [-0.25, -0.2) is 4.98 Å². The molecule has 6 nitrogen and oxygen atoms in total. The van der Waals surface area contributed by atoms with Gasteiger partial charge >= 0.3 is 0 Å². The summed E-state index contributed by atoms with van der Waals surface area (Å²) in [7, 11) is 0. The highest BCUT2D eigenvalue weighted by molar-refractivity contribution is 8.01. The topological polar surface area (TPSA) is 79.8 Å². The van der Waals surface area contributed by atoms with Crippen LogP contribution >= 0.6 is 11.9 Å². The van der Waals surface area contributed by atoms with E-state index in [0.717, 1.165) is 28.5 Å². The molecule has 2 heterocycles. The van der Waals surface area contributed by atoms with Gasteiger partial charge < -0.3 is 10.0 Å². The molecule has 0 aliphatic heterocycles. The van der Waals surface area contributed by atoms with Crippen molar-refractivity contribution in [3.8, 4) is 11.3 Å². The second kappa shape index (κ2) is 8.18. The van der Waals surface area contributed by atoms with Crippen molar-refractivity contribution in [2.75, 3.05) is 10.0 Å². The largest absolute Gasteiger partial charge is 0.326 e. The summed E-state index contributed by atoms with van der Waals surface area (Å²) in [6, 6.07) is 13.3. The van der Waals surface area contributed by atoms with Crippen LogP contribution in [0.25, 0.3) is 11.3 Å². The third-order valence-electron chi connectivity index (χ3n) is 4.03. The van der Waals surface area contributed by atoms with E-state index in [9.17, 15) is 4.79 Å². The molecule has 2 N–H and O–H groups in total. The lowest BCUT2D eigenvalue weighted by molar-refractivity contribution is -0.115. The Hall–Kier alpha value is -2.93. The van der Waals surface area contributed by atoms with Crippen LogP contribution in [0.15, 0.2) is 61.1 Å². The average Bonchev–Trinajstić information content (AvgIpc) is 3.52. The molecule has 0 spiro atoms. The lowest BCUT2D eigenvalue weighted by atomic mass is 10.1. The zero-order valence-electron chi connectivity index (χ0n) is 14.6. The molecule has 1 aromatic carbocycles. The predicted octanol–water partition coefficient (Wildman–Crippen LogP) is 3.94. The summed E-state index contributed by atoms with van der Waals surface area (Å²) in [5.41, 5.74) is 3.24. The molecule has 0 saturated heterocycles. The zero-order valence-corrected chi connectivity index (χ0v) is 15.4. The van der Waals surface area contributed by atoms with E-state index in [0.29, 0.717) is 5.25 Å². The number of hydrogen-bond donors (Lipinski definition) is 2. The molecular formula is C20H19N5OS. The number of carbonyl (C=O) groups is 1. The van der Waals surface area contributed by atoms with Crippen LogP contribution < -0.4 is 10.0 Å². The van der Waals surface area contributed by atoms with Crippen molar-refractivity contribution in [3.05, 3.63) is 66.7 Å². The molecule has 4 rings (SSSR count). The van der Waals surface area contributed by atoms with E-state index >= 15 is 0 Å². The smallest absolute Gasteiger partial charge is 0.230 e. The van der Waals surface area contributed by atoms with Gasteiger partial charge in [0.2, 0.25) is 5.91 Å². The first-order chi connectivity index (χ1) is 13.3. The minimum Gasteiger partial charge on any atom is -0.326 e. The monoisotopic (exact) mass is 377 g/mol. The van der Waals surface area contributed by atoms with E-state index in [1.807, 2.05) is 42.5 Å². The quantitative estimate of drug-likeness (QED) is 0.607. The molecule has 0 atom stereocenters. The van der Waals surface area contributed by atoms with Crippen molar-refractivity contribution in [1.29, 1.82) is 0 Å². The maximum Gasteiger partial charge on any atom is 0.230 e. The molecule has 7 heteroatoms. The second-order valence-electron chi connectivity index (χ2n) is 6.33. The Balaban J connectivity index is 1.34. The number of hydrogen-bond acceptors (Lipinski definition) is 6. The molecule has 1 saturated carbocycles. The van der Waals surface area contributed by atoms with Crippen LogP contribution in [0.3, 0.4) is 0 Å². The summed E-state index contributed by atoms with van der Waals surface area (Å²) in [4.78, 5) is 25.2. The summed E-state index contributed by atoms with van der Waals surface area (Å²) < 4.78 is 3.25. The third-order valence-corrected chi connectivity index (χ3v) is 5.16. The van der Waals surface area contributed by atoms with Crippen LogP contribution in [0.5, 0.6) is 0 Å². The van der Waals surface area contributed by atoms with Crippen LogP contribution in [0.2, 0.25) is 0 Å². The van der Waals surface area contributed by atoms with Gasteiger partial charge in [-0.2, -0.15) is 0 Å². The van der Waals surface area contributed by atoms with Gasteiger partial charge in [0, 0.05) is 28.9 Å². The van der Waals surface area contributed by atoms with Crippen molar-refractivity contribution in [1.82, 2.24) is 15.0 Å². The van der Waals surface area contributed by atoms with E-state index in [2.05, 4.69) is 25.0 Å². The highest BCUT2D eigenvalue weighted by Gasteiger charge is 2.22. The van der Waals surface area contributed by atoms with Crippen LogP contribution in [0, 0.1) is 0 Å². The number of aromatic nitrogens is 3. The number of rotatable bonds is 7. The first kappa shape index (κ1) is 17.5. The molecule has 27 heavy (non-hydrogen) atoms. The number of carbonyl (C=O) groups excluding carboxylic acids is 1. The van der Waals surface area contributed by atoms with Gasteiger partial charge in [0.15, 0.2) is 0 Å². The lowest BCUT2D eigenvalue weighted by Gasteiger charge is -2.08. The summed E-state index contributed by atoms with van der Waals surface area (Å²) >= 11 is 1.70. The number of benzene rings is 1. The van der Waals surface area contributed by atoms with Crippen molar-refractivity contribution in [3.63, 3.8) is 0 Å². The number of anilines is 2. The van der Waals surface area contributed by atoms with E-state index in [-0.39, 0.29) is 12.3 Å². The number of nitrogens with zero attached hydrogens (tertiary/aromatic N) is 3. The number of amides is 1. The van der Waals surface area contributed by atoms with Crippen molar-refractivity contribution in [2.24, 2.45) is 0 Å². The summed E-state index contributed by atoms with van der Waals surface area (Å²) in [6.45, 7) is 0. The fourth-order valence-corrected chi connectivity index (χ4v) is 3.28. The Labute approximate surface area is 162 Å². The molecule has 1 amide bonds. The molecule has 1 fully saturated rings. The Kier molecular flexibility index (Phi) is 5.29. The van der Waals surface area contributed by atoms with E-state index in [4.69, 9.17) is 0 Å². The Bertz CT molecular complexity index is 913. The summed E-state index contributed by atoms with van der Waals surface area (Å²) in [6.07, 6.45) is 7.76. The SMILES string of the molecule is O=C(Cc1cccc(NSC2CC2)n1)Nc1ccc(-c2cnccn2)cc1. The molecule has 0 radical (unpaired) electrons. The maximum atomic E-state index is 12.3. The van der Waals surface area contributed by atoms with Gasteiger partial charge in [-0.1, -0.05) is 18.2 Å². The van der Waals surface area contributed by atoms with Gasteiger partial charge in [0.1, 0.15) is 5.82 Å². The summed E-state index contributed by atoms with van der Waals surface area (Å²) in [5.74, 6) is 0.701. The molecule has 2 aromatic heterocycles. The third kappa shape index (κ3) is 5.04. The predicted molar refractivity (Wildman–Crippen MR) is 108 cm³/mol. The normalized spacial score (nSPS) is 13.2. The van der Waals surface area contributed by atoms with E-state index in [1.165, 1.54) is 12.8 Å². The van der Waals surface area contributed by atoms with Crippen molar-refractivity contribution < 1.29 is 4.79 Å². The molecular weight excluding hydrogens is 358 g/mol. The molecule has 1 aliphatic rings. The average molecular weight is 377 g/mol. The van der Waals surface area contributed by atoms with Gasteiger partial charge in [-0.05, 0) is 49.1 Å². The fraction of sp³-hybridized carbons (Fsp3) is 0.200. The van der Waals surface area contributed by atoms with Crippen LogP contribution in [-0.2, 0) is 11.2 Å². The number of pyridine rings is 1. The molecule has 3 aromatic rings. The highest BCUT2D eigenvalue weighted by atomic mass is 32.2. The molecule has 136 valence electrons. The molecule has 0 unspecified atom stereocenters. The Morgan fingerprint density at radius 2 is 1.96 bits per heavy atom. The van der Waals surface area contributed by atoms with Crippen LogP contribution in [0.1, 0.15) is 18.5 Å². The van der Waals surface area contributed by atoms with E-state index < -0.39 is 0 Å².